The fourth-order valence-corrected chi connectivity index (χ4v) is 2.17. The van der Waals surface area contributed by atoms with Gasteiger partial charge in [0.05, 0.1) is 18.4 Å². The maximum atomic E-state index is 11.7. The Balaban J connectivity index is 1.85. The van der Waals surface area contributed by atoms with Crippen molar-refractivity contribution in [3.63, 3.8) is 0 Å². The molecule has 0 unspecified atom stereocenters. The van der Waals surface area contributed by atoms with E-state index in [1.807, 2.05) is 31.5 Å². The SMILES string of the molecule is Cc1cc(C)n(C[C@H](C)NC(=O)Nc2cnns2)n1. The van der Waals surface area contributed by atoms with Crippen molar-refractivity contribution in [2.24, 2.45) is 0 Å². The number of nitrogens with one attached hydrogen (secondary N) is 2. The third kappa shape index (κ3) is 3.75. The molecule has 0 saturated carbocycles. The second kappa shape index (κ2) is 5.79. The molecule has 2 aromatic heterocycles. The molecule has 0 bridgehead atoms. The zero-order chi connectivity index (χ0) is 13.8. The van der Waals surface area contributed by atoms with Crippen LogP contribution in [0.5, 0.6) is 0 Å². The van der Waals surface area contributed by atoms with Gasteiger partial charge in [-0.25, -0.2) is 4.79 Å². The molecular weight excluding hydrogens is 264 g/mol. The van der Waals surface area contributed by atoms with Crippen LogP contribution in [-0.2, 0) is 6.54 Å². The second-order valence-corrected chi connectivity index (χ2v) is 5.18. The number of amides is 2. The van der Waals surface area contributed by atoms with E-state index in [2.05, 4.69) is 25.3 Å². The molecule has 2 amide bonds. The van der Waals surface area contributed by atoms with Gasteiger partial charge in [-0.15, -0.1) is 5.10 Å². The van der Waals surface area contributed by atoms with Gasteiger partial charge >= 0.3 is 6.03 Å². The zero-order valence-corrected chi connectivity index (χ0v) is 11.9. The highest BCUT2D eigenvalue weighted by Gasteiger charge is 2.10. The Morgan fingerprint density at radius 3 is 2.89 bits per heavy atom. The van der Waals surface area contributed by atoms with Crippen LogP contribution in [0, 0.1) is 13.8 Å². The Bertz CT molecular complexity index is 550. The Kier molecular flexibility index (Phi) is 4.10. The number of carbonyl (C=O) groups is 1. The van der Waals surface area contributed by atoms with Crippen molar-refractivity contribution >= 4 is 22.6 Å². The largest absolute Gasteiger partial charge is 0.334 e. The van der Waals surface area contributed by atoms with Crippen LogP contribution in [0.25, 0.3) is 0 Å². The third-order valence-electron chi connectivity index (χ3n) is 2.53. The molecule has 0 saturated heterocycles. The van der Waals surface area contributed by atoms with Gasteiger partial charge in [-0.3, -0.25) is 10.00 Å². The van der Waals surface area contributed by atoms with E-state index in [1.54, 1.807) is 0 Å². The van der Waals surface area contributed by atoms with Crippen molar-refractivity contribution < 1.29 is 4.79 Å². The first-order valence-electron chi connectivity index (χ1n) is 5.90. The molecule has 7 nitrogen and oxygen atoms in total. The lowest BCUT2D eigenvalue weighted by atomic mass is 10.3. The number of nitrogens with zero attached hydrogens (tertiary/aromatic N) is 4. The van der Waals surface area contributed by atoms with Gasteiger partial charge in [-0.05, 0) is 26.8 Å². The summed E-state index contributed by atoms with van der Waals surface area (Å²) in [5, 5.41) is 14.1. The van der Waals surface area contributed by atoms with Crippen molar-refractivity contribution in [3.8, 4) is 0 Å². The Labute approximate surface area is 115 Å². The molecule has 0 aromatic carbocycles. The van der Waals surface area contributed by atoms with Crippen LogP contribution in [0.4, 0.5) is 9.80 Å². The number of hydrogen-bond donors (Lipinski definition) is 2. The number of hydrogen-bond acceptors (Lipinski definition) is 5. The molecular formula is C11H16N6OS. The summed E-state index contributed by atoms with van der Waals surface area (Å²) in [6, 6.07) is 1.72. The predicted molar refractivity (Wildman–Crippen MR) is 73.2 cm³/mol. The lowest BCUT2D eigenvalue weighted by Crippen LogP contribution is -2.38. The molecule has 8 heteroatoms. The quantitative estimate of drug-likeness (QED) is 0.890. The highest BCUT2D eigenvalue weighted by atomic mass is 32.1. The summed E-state index contributed by atoms with van der Waals surface area (Å²) in [6.07, 6.45) is 1.51. The molecule has 0 fully saturated rings. The fourth-order valence-electron chi connectivity index (χ4n) is 1.76. The fraction of sp³-hybridized carbons (Fsp3) is 0.455. The number of aryl methyl sites for hydroxylation is 2. The zero-order valence-electron chi connectivity index (χ0n) is 11.0. The molecule has 2 aromatic rings. The van der Waals surface area contributed by atoms with Gasteiger partial charge in [-0.2, -0.15) is 5.10 Å². The topological polar surface area (TPSA) is 84.7 Å². The van der Waals surface area contributed by atoms with Crippen molar-refractivity contribution in [2.45, 2.75) is 33.4 Å². The van der Waals surface area contributed by atoms with Crippen LogP contribution < -0.4 is 10.6 Å². The van der Waals surface area contributed by atoms with E-state index in [0.29, 0.717) is 11.5 Å². The number of rotatable bonds is 4. The van der Waals surface area contributed by atoms with E-state index in [1.165, 1.54) is 6.20 Å². The second-order valence-electron chi connectivity index (χ2n) is 4.39. The minimum Gasteiger partial charge on any atom is -0.334 e. The number of anilines is 1. The summed E-state index contributed by atoms with van der Waals surface area (Å²) in [6.45, 7) is 6.51. The predicted octanol–water partition coefficient (Wildman–Crippen LogP) is 1.56. The molecule has 0 spiro atoms. The lowest BCUT2D eigenvalue weighted by molar-refractivity contribution is 0.247. The minimum absolute atomic E-state index is 0.0288. The first kappa shape index (κ1) is 13.5. The third-order valence-corrected chi connectivity index (χ3v) is 3.11. The summed E-state index contributed by atoms with van der Waals surface area (Å²) >= 11 is 1.14. The molecule has 102 valence electrons. The molecule has 19 heavy (non-hydrogen) atoms. The maximum absolute atomic E-state index is 11.7. The highest BCUT2D eigenvalue weighted by Crippen LogP contribution is 2.08. The monoisotopic (exact) mass is 280 g/mol. The van der Waals surface area contributed by atoms with Gasteiger partial charge in [-0.1, -0.05) is 4.49 Å². The molecule has 0 aliphatic heterocycles. The average molecular weight is 280 g/mol. The smallest absolute Gasteiger partial charge is 0.320 e. The van der Waals surface area contributed by atoms with Gasteiger partial charge in [0.15, 0.2) is 0 Å². The summed E-state index contributed by atoms with van der Waals surface area (Å²) in [4.78, 5) is 11.7. The maximum Gasteiger partial charge on any atom is 0.320 e. The van der Waals surface area contributed by atoms with Gasteiger partial charge in [0.25, 0.3) is 0 Å². The summed E-state index contributed by atoms with van der Waals surface area (Å²) in [5.74, 6) is 0. The van der Waals surface area contributed by atoms with Crippen LogP contribution in [0.2, 0.25) is 0 Å². The number of aromatic nitrogens is 4. The van der Waals surface area contributed by atoms with Crippen molar-refractivity contribution in [2.75, 3.05) is 5.32 Å². The van der Waals surface area contributed by atoms with Crippen LogP contribution in [0.15, 0.2) is 12.3 Å². The van der Waals surface area contributed by atoms with Crippen LogP contribution in [0.3, 0.4) is 0 Å². The van der Waals surface area contributed by atoms with Crippen molar-refractivity contribution in [1.29, 1.82) is 0 Å². The first-order valence-corrected chi connectivity index (χ1v) is 6.68. The number of urea groups is 1. The van der Waals surface area contributed by atoms with Crippen molar-refractivity contribution in [1.82, 2.24) is 24.7 Å². The van der Waals surface area contributed by atoms with E-state index in [4.69, 9.17) is 0 Å². The molecule has 0 aliphatic carbocycles. The van der Waals surface area contributed by atoms with Crippen LogP contribution in [-0.4, -0.2) is 31.4 Å². The Hall–Kier alpha value is -1.96. The number of carbonyl (C=O) groups excluding carboxylic acids is 1. The molecule has 2 N–H and O–H groups in total. The van der Waals surface area contributed by atoms with Crippen LogP contribution in [0.1, 0.15) is 18.3 Å². The molecule has 0 radical (unpaired) electrons. The Morgan fingerprint density at radius 2 is 2.32 bits per heavy atom. The van der Waals surface area contributed by atoms with Gasteiger partial charge in [0.2, 0.25) is 0 Å². The highest BCUT2D eigenvalue weighted by molar-refractivity contribution is 7.10. The summed E-state index contributed by atoms with van der Waals surface area (Å²) in [7, 11) is 0. The first-order chi connectivity index (χ1) is 9.04. The van der Waals surface area contributed by atoms with Gasteiger partial charge < -0.3 is 5.32 Å². The average Bonchev–Trinajstić information content (AvgIpc) is 2.89. The van der Waals surface area contributed by atoms with E-state index in [-0.39, 0.29) is 12.1 Å². The summed E-state index contributed by atoms with van der Waals surface area (Å²) in [5.41, 5.74) is 2.06. The minimum atomic E-state index is -0.264. The van der Waals surface area contributed by atoms with Crippen LogP contribution >= 0.6 is 11.5 Å². The summed E-state index contributed by atoms with van der Waals surface area (Å²) < 4.78 is 5.56. The molecule has 0 aliphatic rings. The van der Waals surface area contributed by atoms with E-state index in [0.717, 1.165) is 22.9 Å². The Morgan fingerprint density at radius 1 is 1.53 bits per heavy atom. The molecule has 2 heterocycles. The standard InChI is InChI=1S/C11H16N6OS/c1-7-4-9(3)17(15-7)6-8(2)13-11(18)14-10-5-12-16-19-10/h4-5,8H,6H2,1-3H3,(H2,13,14,18)/t8-/m0/s1. The normalized spacial score (nSPS) is 12.2. The van der Waals surface area contributed by atoms with E-state index in [9.17, 15) is 4.79 Å². The van der Waals surface area contributed by atoms with E-state index >= 15 is 0 Å². The van der Waals surface area contributed by atoms with Gasteiger partial charge in [0.1, 0.15) is 5.00 Å². The lowest BCUT2D eigenvalue weighted by Gasteiger charge is -2.15. The van der Waals surface area contributed by atoms with Crippen molar-refractivity contribution in [3.05, 3.63) is 23.7 Å². The van der Waals surface area contributed by atoms with E-state index < -0.39 is 0 Å². The molecule has 1 atom stereocenters. The van der Waals surface area contributed by atoms with Gasteiger partial charge in [0, 0.05) is 23.3 Å². The molecule has 2 rings (SSSR count).